The van der Waals surface area contributed by atoms with E-state index in [2.05, 4.69) is 39.8 Å². The Bertz CT molecular complexity index is 403. The van der Waals surface area contributed by atoms with Crippen LogP contribution in [0.1, 0.15) is 18.4 Å². The number of rotatable bonds is 3. The fraction of sp³-hybridized carbons (Fsp3) is 0.571. The summed E-state index contributed by atoms with van der Waals surface area (Å²) < 4.78 is 13.9. The van der Waals surface area contributed by atoms with Crippen LogP contribution in [0.5, 0.6) is 0 Å². The number of benzene rings is 1. The third-order valence-corrected chi connectivity index (χ3v) is 4.48. The average Bonchev–Trinajstić information content (AvgIpc) is 2.33. The first-order valence-corrected chi connectivity index (χ1v) is 7.18. The van der Waals surface area contributed by atoms with Gasteiger partial charge in [0.25, 0.3) is 0 Å². The van der Waals surface area contributed by atoms with Gasteiger partial charge >= 0.3 is 0 Å². The summed E-state index contributed by atoms with van der Waals surface area (Å²) in [6.45, 7) is 3.20. The lowest BCUT2D eigenvalue weighted by molar-refractivity contribution is 0.139. The van der Waals surface area contributed by atoms with Crippen molar-refractivity contribution in [3.63, 3.8) is 0 Å². The predicted octanol–water partition coefficient (Wildman–Crippen LogP) is 3.11. The Kier molecular flexibility index (Phi) is 4.76. The van der Waals surface area contributed by atoms with Gasteiger partial charge in [0.15, 0.2) is 0 Å². The number of piperidine rings is 1. The van der Waals surface area contributed by atoms with E-state index in [-0.39, 0.29) is 5.82 Å². The minimum absolute atomic E-state index is 0.187. The van der Waals surface area contributed by atoms with Gasteiger partial charge in [-0.1, -0.05) is 22.0 Å². The smallest absolute Gasteiger partial charge is 0.124 e. The molecule has 1 aliphatic rings. The van der Waals surface area contributed by atoms with Crippen LogP contribution >= 0.6 is 15.9 Å². The van der Waals surface area contributed by atoms with Crippen molar-refractivity contribution in [1.29, 1.82) is 0 Å². The van der Waals surface area contributed by atoms with Crippen molar-refractivity contribution < 1.29 is 4.39 Å². The Morgan fingerprint density at radius 1 is 1.39 bits per heavy atom. The molecule has 4 heteroatoms. The third kappa shape index (κ3) is 3.53. The topological polar surface area (TPSA) is 6.48 Å². The van der Waals surface area contributed by atoms with Crippen LogP contribution in [0, 0.1) is 5.82 Å². The Morgan fingerprint density at radius 3 is 2.67 bits per heavy atom. The fourth-order valence-electron chi connectivity index (χ4n) is 2.48. The minimum Gasteiger partial charge on any atom is -0.306 e. The molecule has 0 amide bonds. The summed E-state index contributed by atoms with van der Waals surface area (Å²) in [5.74, 6) is -0.187. The summed E-state index contributed by atoms with van der Waals surface area (Å²) in [5.41, 5.74) is 1.15. The molecule has 2 rings (SSSR count). The van der Waals surface area contributed by atoms with Crippen molar-refractivity contribution >= 4 is 15.9 Å². The molecule has 1 saturated heterocycles. The van der Waals surface area contributed by atoms with E-state index in [1.807, 2.05) is 6.07 Å². The van der Waals surface area contributed by atoms with E-state index in [9.17, 15) is 4.39 Å². The van der Waals surface area contributed by atoms with Gasteiger partial charge in [0, 0.05) is 17.1 Å². The van der Waals surface area contributed by atoms with Gasteiger partial charge in [-0.2, -0.15) is 0 Å². The summed E-state index contributed by atoms with van der Waals surface area (Å²) in [7, 11) is 4.33. The Balaban J connectivity index is 1.96. The van der Waals surface area contributed by atoms with Gasteiger partial charge in [-0.3, -0.25) is 4.90 Å². The maximum absolute atomic E-state index is 13.0. The van der Waals surface area contributed by atoms with E-state index in [4.69, 9.17) is 0 Å². The third-order valence-electron chi connectivity index (χ3n) is 3.75. The SMILES string of the molecule is CN1CCC(N(C)Cc2ccc(F)cc2Br)CC1. The van der Waals surface area contributed by atoms with Crippen LogP contribution in [0.25, 0.3) is 0 Å². The average molecular weight is 315 g/mol. The first-order valence-electron chi connectivity index (χ1n) is 6.39. The second-order valence-corrected chi connectivity index (χ2v) is 6.04. The lowest BCUT2D eigenvalue weighted by atomic mass is 10.0. The molecule has 1 aromatic carbocycles. The lowest BCUT2D eigenvalue weighted by Crippen LogP contribution is -2.41. The highest BCUT2D eigenvalue weighted by molar-refractivity contribution is 9.10. The molecule has 100 valence electrons. The highest BCUT2D eigenvalue weighted by atomic mass is 79.9. The number of hydrogen-bond acceptors (Lipinski definition) is 2. The molecule has 0 radical (unpaired) electrons. The zero-order valence-corrected chi connectivity index (χ0v) is 12.6. The number of likely N-dealkylation sites (tertiary alicyclic amines) is 1. The molecule has 1 heterocycles. The zero-order valence-electron chi connectivity index (χ0n) is 11.0. The van der Waals surface area contributed by atoms with Crippen LogP contribution in [0.4, 0.5) is 4.39 Å². The molecule has 18 heavy (non-hydrogen) atoms. The normalized spacial score (nSPS) is 18.5. The maximum atomic E-state index is 13.0. The first kappa shape index (κ1) is 14.0. The van der Waals surface area contributed by atoms with Crippen molar-refractivity contribution in [3.8, 4) is 0 Å². The molecule has 1 aromatic rings. The molecule has 0 spiro atoms. The van der Waals surface area contributed by atoms with Crippen LogP contribution in [-0.2, 0) is 6.54 Å². The number of nitrogens with zero attached hydrogens (tertiary/aromatic N) is 2. The molecule has 0 saturated carbocycles. The quantitative estimate of drug-likeness (QED) is 0.846. The molecule has 0 atom stereocenters. The number of halogens is 2. The van der Waals surface area contributed by atoms with Crippen LogP contribution < -0.4 is 0 Å². The Morgan fingerprint density at radius 2 is 2.06 bits per heavy atom. The second kappa shape index (κ2) is 6.13. The lowest BCUT2D eigenvalue weighted by Gasteiger charge is -2.35. The summed E-state index contributed by atoms with van der Waals surface area (Å²) in [6, 6.07) is 5.57. The molecular formula is C14H20BrFN2. The van der Waals surface area contributed by atoms with E-state index in [1.54, 1.807) is 0 Å². The largest absolute Gasteiger partial charge is 0.306 e. The van der Waals surface area contributed by atoms with Gasteiger partial charge in [0.2, 0.25) is 0 Å². The van der Waals surface area contributed by atoms with Crippen LogP contribution in [0.3, 0.4) is 0 Å². The molecule has 1 fully saturated rings. The molecule has 0 aromatic heterocycles. The van der Waals surface area contributed by atoms with E-state index >= 15 is 0 Å². The summed E-state index contributed by atoms with van der Waals surface area (Å²) in [5, 5.41) is 0. The van der Waals surface area contributed by atoms with Crippen molar-refractivity contribution in [3.05, 3.63) is 34.1 Å². The molecule has 0 unspecified atom stereocenters. The maximum Gasteiger partial charge on any atom is 0.124 e. The van der Waals surface area contributed by atoms with Gasteiger partial charge < -0.3 is 4.90 Å². The molecule has 2 nitrogen and oxygen atoms in total. The predicted molar refractivity (Wildman–Crippen MR) is 76.1 cm³/mol. The molecular weight excluding hydrogens is 295 g/mol. The Labute approximate surface area is 117 Å². The Hall–Kier alpha value is -0.450. The van der Waals surface area contributed by atoms with E-state index in [1.165, 1.54) is 38.1 Å². The summed E-state index contributed by atoms with van der Waals surface area (Å²) in [4.78, 5) is 4.75. The summed E-state index contributed by atoms with van der Waals surface area (Å²) in [6.07, 6.45) is 2.43. The second-order valence-electron chi connectivity index (χ2n) is 5.19. The molecule has 0 bridgehead atoms. The van der Waals surface area contributed by atoms with Gasteiger partial charge in [0.1, 0.15) is 5.82 Å². The fourth-order valence-corrected chi connectivity index (χ4v) is 2.96. The first-order chi connectivity index (χ1) is 8.56. The monoisotopic (exact) mass is 314 g/mol. The van der Waals surface area contributed by atoms with Crippen LogP contribution in [0.2, 0.25) is 0 Å². The van der Waals surface area contributed by atoms with Crippen molar-refractivity contribution in [2.24, 2.45) is 0 Å². The van der Waals surface area contributed by atoms with E-state index < -0.39 is 0 Å². The van der Waals surface area contributed by atoms with Gasteiger partial charge in [0.05, 0.1) is 0 Å². The molecule has 0 N–H and O–H groups in total. The van der Waals surface area contributed by atoms with E-state index in [0.29, 0.717) is 6.04 Å². The van der Waals surface area contributed by atoms with Crippen LogP contribution in [0.15, 0.2) is 22.7 Å². The highest BCUT2D eigenvalue weighted by Gasteiger charge is 2.20. The summed E-state index contributed by atoms with van der Waals surface area (Å²) >= 11 is 3.43. The van der Waals surface area contributed by atoms with Crippen molar-refractivity contribution in [2.45, 2.75) is 25.4 Å². The van der Waals surface area contributed by atoms with Crippen LogP contribution in [-0.4, -0.2) is 43.0 Å². The van der Waals surface area contributed by atoms with Gasteiger partial charge in [-0.05, 0) is 57.7 Å². The van der Waals surface area contributed by atoms with Gasteiger partial charge in [-0.15, -0.1) is 0 Å². The molecule has 1 aliphatic heterocycles. The molecule has 0 aliphatic carbocycles. The zero-order chi connectivity index (χ0) is 13.1. The van der Waals surface area contributed by atoms with Crippen molar-refractivity contribution in [1.82, 2.24) is 9.80 Å². The van der Waals surface area contributed by atoms with Gasteiger partial charge in [-0.25, -0.2) is 4.39 Å². The highest BCUT2D eigenvalue weighted by Crippen LogP contribution is 2.22. The standard InChI is InChI=1S/C14H20BrFN2/c1-17-7-5-13(6-8-17)18(2)10-11-3-4-12(16)9-14(11)15/h3-4,9,13H,5-8,10H2,1-2H3. The van der Waals surface area contributed by atoms with Crippen molar-refractivity contribution in [2.75, 3.05) is 27.2 Å². The number of hydrogen-bond donors (Lipinski definition) is 0. The van der Waals surface area contributed by atoms with E-state index in [0.717, 1.165) is 16.6 Å². The minimum atomic E-state index is -0.187.